The van der Waals surface area contributed by atoms with Crippen LogP contribution in [-0.2, 0) is 0 Å². The molecule has 0 heterocycles. The minimum atomic E-state index is -0.877. The van der Waals surface area contributed by atoms with Gasteiger partial charge in [-0.15, -0.1) is 0 Å². The topological polar surface area (TPSA) is 30.5 Å². The number of rotatable bonds is 6. The Morgan fingerprint density at radius 1 is 0.846 bits per heavy atom. The molecule has 6 heteroatoms. The largest absolute Gasteiger partial charge is 0.331 e. The first-order chi connectivity index (χ1) is 6.02. The van der Waals surface area contributed by atoms with E-state index in [0.29, 0.717) is 0 Å². The maximum absolute atomic E-state index is 3.45. The molecular formula is C7H24N4Si2. The fourth-order valence-corrected chi connectivity index (χ4v) is 9.37. The summed E-state index contributed by atoms with van der Waals surface area (Å²) in [6.07, 6.45) is 0. The van der Waals surface area contributed by atoms with Crippen molar-refractivity contribution in [2.24, 2.45) is 0 Å². The Morgan fingerprint density at radius 3 is 1.31 bits per heavy atom. The zero-order valence-electron chi connectivity index (χ0n) is 9.76. The summed E-state index contributed by atoms with van der Waals surface area (Å²) in [5.74, 6) is 0. The van der Waals surface area contributed by atoms with Crippen molar-refractivity contribution >= 4 is 18.2 Å². The lowest BCUT2D eigenvalue weighted by molar-refractivity contribution is 0.605. The van der Waals surface area contributed by atoms with Crippen molar-refractivity contribution < 1.29 is 0 Å². The van der Waals surface area contributed by atoms with Crippen LogP contribution < -0.4 is 9.96 Å². The summed E-state index contributed by atoms with van der Waals surface area (Å²) in [5.41, 5.74) is 1.34. The summed E-state index contributed by atoms with van der Waals surface area (Å²) >= 11 is 0. The molecule has 0 fully saturated rings. The molecule has 0 aromatic rings. The second-order valence-electron chi connectivity index (χ2n) is 3.77. The number of hydrogen-bond acceptors (Lipinski definition) is 4. The summed E-state index contributed by atoms with van der Waals surface area (Å²) in [6, 6.07) is 0. The van der Waals surface area contributed by atoms with Crippen LogP contribution in [0.2, 0.25) is 5.67 Å². The Hall–Kier alpha value is 0.274. The normalized spacial score (nSPS) is 16.6. The molecule has 0 bridgehead atoms. The maximum atomic E-state index is 3.45. The van der Waals surface area contributed by atoms with E-state index in [2.05, 4.69) is 61.4 Å². The SMILES string of the molecule is CN[SiH](C[SiH](NC)N(C)C)N(C)C. The van der Waals surface area contributed by atoms with Gasteiger partial charge >= 0.3 is 0 Å². The Labute approximate surface area is 85.8 Å². The van der Waals surface area contributed by atoms with Gasteiger partial charge in [0, 0.05) is 0 Å². The molecule has 0 saturated heterocycles. The first-order valence-corrected chi connectivity index (χ1v) is 8.52. The highest BCUT2D eigenvalue weighted by Crippen LogP contribution is 1.97. The Kier molecular flexibility index (Phi) is 6.83. The summed E-state index contributed by atoms with van der Waals surface area (Å²) in [4.78, 5) is 6.91. The Balaban J connectivity index is 4.03. The Bertz CT molecular complexity index is 118. The zero-order valence-corrected chi connectivity index (χ0v) is 12.1. The number of hydrogen-bond donors (Lipinski definition) is 2. The smallest absolute Gasteiger partial charge is 0.186 e. The van der Waals surface area contributed by atoms with Gasteiger partial charge in [-0.25, -0.2) is 0 Å². The highest BCUT2D eigenvalue weighted by Gasteiger charge is 2.20. The van der Waals surface area contributed by atoms with Crippen LogP contribution in [-0.4, -0.2) is 69.7 Å². The van der Waals surface area contributed by atoms with E-state index in [1.807, 2.05) is 0 Å². The summed E-state index contributed by atoms with van der Waals surface area (Å²) in [5, 5.41) is 0. The van der Waals surface area contributed by atoms with Crippen LogP contribution in [0, 0.1) is 0 Å². The van der Waals surface area contributed by atoms with E-state index >= 15 is 0 Å². The van der Waals surface area contributed by atoms with Gasteiger partial charge in [-0.05, 0) is 48.0 Å². The molecule has 4 nitrogen and oxygen atoms in total. The van der Waals surface area contributed by atoms with E-state index in [-0.39, 0.29) is 0 Å². The molecule has 0 aromatic carbocycles. The van der Waals surface area contributed by atoms with Gasteiger partial charge < -0.3 is 19.1 Å². The first kappa shape index (κ1) is 13.3. The molecule has 0 aliphatic carbocycles. The molecule has 0 spiro atoms. The van der Waals surface area contributed by atoms with Crippen molar-refractivity contribution in [2.75, 3.05) is 42.3 Å². The van der Waals surface area contributed by atoms with Gasteiger partial charge in [-0.2, -0.15) is 0 Å². The molecule has 80 valence electrons. The van der Waals surface area contributed by atoms with Crippen LogP contribution in [0.5, 0.6) is 0 Å². The summed E-state index contributed by atoms with van der Waals surface area (Å²) in [6.45, 7) is 0. The molecule has 2 N–H and O–H groups in total. The molecule has 0 amide bonds. The van der Waals surface area contributed by atoms with Gasteiger partial charge in [-0.3, -0.25) is 0 Å². The lowest BCUT2D eigenvalue weighted by Gasteiger charge is -2.28. The summed E-state index contributed by atoms with van der Waals surface area (Å²) < 4.78 is 4.72. The number of nitrogens with one attached hydrogen (secondary N) is 2. The maximum Gasteiger partial charge on any atom is 0.186 e. The highest BCUT2D eigenvalue weighted by molar-refractivity contribution is 6.72. The van der Waals surface area contributed by atoms with Gasteiger partial charge in [0.1, 0.15) is 0 Å². The third-order valence-corrected chi connectivity index (χ3v) is 9.76. The van der Waals surface area contributed by atoms with Crippen LogP contribution >= 0.6 is 0 Å². The van der Waals surface area contributed by atoms with Crippen LogP contribution in [0.4, 0.5) is 0 Å². The fourth-order valence-electron chi connectivity index (χ4n) is 1.39. The molecule has 0 saturated carbocycles. The average Bonchev–Trinajstić information content (AvgIpc) is 2.05. The third-order valence-electron chi connectivity index (χ3n) is 2.36. The number of nitrogens with zero attached hydrogens (tertiary/aromatic N) is 2. The van der Waals surface area contributed by atoms with Gasteiger partial charge in [-0.1, -0.05) is 0 Å². The van der Waals surface area contributed by atoms with E-state index in [4.69, 9.17) is 0 Å². The average molecular weight is 220 g/mol. The molecular weight excluding hydrogens is 196 g/mol. The summed E-state index contributed by atoms with van der Waals surface area (Å²) in [7, 11) is 11.1. The van der Waals surface area contributed by atoms with Crippen LogP contribution in [0.1, 0.15) is 0 Å². The van der Waals surface area contributed by atoms with Gasteiger partial charge in [0.15, 0.2) is 18.2 Å². The van der Waals surface area contributed by atoms with Crippen molar-refractivity contribution in [2.45, 2.75) is 5.67 Å². The fraction of sp³-hybridized carbons (Fsp3) is 1.00. The van der Waals surface area contributed by atoms with Crippen molar-refractivity contribution in [3.8, 4) is 0 Å². The molecule has 0 aromatic heterocycles. The van der Waals surface area contributed by atoms with Crippen molar-refractivity contribution in [3.05, 3.63) is 0 Å². The van der Waals surface area contributed by atoms with E-state index in [1.54, 1.807) is 0 Å². The van der Waals surface area contributed by atoms with E-state index in [9.17, 15) is 0 Å². The quantitative estimate of drug-likeness (QED) is 0.535. The first-order valence-electron chi connectivity index (χ1n) is 4.70. The second kappa shape index (κ2) is 6.69. The van der Waals surface area contributed by atoms with Gasteiger partial charge in [0.2, 0.25) is 0 Å². The molecule has 0 aliphatic rings. The van der Waals surface area contributed by atoms with Crippen molar-refractivity contribution in [1.29, 1.82) is 0 Å². The van der Waals surface area contributed by atoms with Crippen LogP contribution in [0.3, 0.4) is 0 Å². The van der Waals surface area contributed by atoms with Crippen LogP contribution in [0.15, 0.2) is 0 Å². The van der Waals surface area contributed by atoms with E-state index in [1.165, 1.54) is 5.67 Å². The lowest BCUT2D eigenvalue weighted by Crippen LogP contribution is -2.54. The third kappa shape index (κ3) is 4.89. The van der Waals surface area contributed by atoms with E-state index < -0.39 is 18.2 Å². The molecule has 13 heavy (non-hydrogen) atoms. The standard InChI is InChI=1S/C7H24N4Si2/c1-8-12(10(3)4)7-13(9-2)11(5)6/h8-9,12-13H,7H2,1-6H3. The monoisotopic (exact) mass is 220 g/mol. The molecule has 0 rings (SSSR count). The minimum Gasteiger partial charge on any atom is -0.331 e. The predicted molar refractivity (Wildman–Crippen MR) is 64.6 cm³/mol. The predicted octanol–water partition coefficient (Wildman–Crippen LogP) is -1.47. The minimum absolute atomic E-state index is 0.877. The van der Waals surface area contributed by atoms with Gasteiger partial charge in [0.05, 0.1) is 0 Å². The molecule has 0 aliphatic heterocycles. The van der Waals surface area contributed by atoms with Gasteiger partial charge in [0.25, 0.3) is 0 Å². The molecule has 2 atom stereocenters. The second-order valence-corrected chi connectivity index (χ2v) is 10.9. The Morgan fingerprint density at radius 2 is 1.15 bits per heavy atom. The molecule has 0 radical (unpaired) electrons. The van der Waals surface area contributed by atoms with Crippen LogP contribution in [0.25, 0.3) is 0 Å². The highest BCUT2D eigenvalue weighted by atomic mass is 28.4. The zero-order chi connectivity index (χ0) is 10.4. The van der Waals surface area contributed by atoms with Crippen molar-refractivity contribution in [3.63, 3.8) is 0 Å². The van der Waals surface area contributed by atoms with E-state index in [0.717, 1.165) is 0 Å². The lowest BCUT2D eigenvalue weighted by atomic mass is 11.3. The molecule has 2 unspecified atom stereocenters. The van der Waals surface area contributed by atoms with Crippen molar-refractivity contribution in [1.82, 2.24) is 19.1 Å².